The van der Waals surface area contributed by atoms with Crippen molar-refractivity contribution in [1.82, 2.24) is 10.2 Å². The molecule has 1 aromatic rings. The summed E-state index contributed by atoms with van der Waals surface area (Å²) < 4.78 is 5.61. The lowest BCUT2D eigenvalue weighted by Crippen LogP contribution is -2.42. The second-order valence-electron chi connectivity index (χ2n) is 4.92. The van der Waals surface area contributed by atoms with Crippen molar-refractivity contribution < 1.29 is 9.53 Å². The third-order valence-corrected chi connectivity index (χ3v) is 3.38. The molecule has 1 heterocycles. The van der Waals surface area contributed by atoms with E-state index < -0.39 is 0 Å². The van der Waals surface area contributed by atoms with E-state index in [-0.39, 0.29) is 11.9 Å². The van der Waals surface area contributed by atoms with Crippen molar-refractivity contribution in [3.8, 4) is 5.75 Å². The Labute approximate surface area is 114 Å². The van der Waals surface area contributed by atoms with Crippen molar-refractivity contribution in [2.75, 3.05) is 26.7 Å². The summed E-state index contributed by atoms with van der Waals surface area (Å²) in [6, 6.07) is 9.79. The Bertz CT molecular complexity index is 388. The van der Waals surface area contributed by atoms with E-state index in [0.29, 0.717) is 6.61 Å². The van der Waals surface area contributed by atoms with Crippen molar-refractivity contribution in [2.45, 2.75) is 25.3 Å². The van der Waals surface area contributed by atoms with E-state index >= 15 is 0 Å². The normalized spacial score (nSPS) is 18.3. The molecule has 0 saturated carbocycles. The highest BCUT2D eigenvalue weighted by Crippen LogP contribution is 2.10. The minimum absolute atomic E-state index is 0.0278. The molecular weight excluding hydrogens is 240 g/mol. The molecule has 0 spiro atoms. The van der Waals surface area contributed by atoms with Crippen LogP contribution in [0.3, 0.4) is 0 Å². The lowest BCUT2D eigenvalue weighted by atomic mass is 10.2. The van der Waals surface area contributed by atoms with Crippen LogP contribution in [-0.4, -0.2) is 43.6 Å². The molecule has 2 rings (SSSR count). The minimum atomic E-state index is 0.0278. The molecule has 0 bridgehead atoms. The van der Waals surface area contributed by atoms with Crippen LogP contribution in [0.1, 0.15) is 19.3 Å². The van der Waals surface area contributed by atoms with Gasteiger partial charge in [-0.25, -0.2) is 0 Å². The molecule has 0 unspecified atom stereocenters. The Morgan fingerprint density at radius 3 is 2.89 bits per heavy atom. The summed E-state index contributed by atoms with van der Waals surface area (Å²) in [6.07, 6.45) is 2.91. The molecular formula is C15H22N2O2. The minimum Gasteiger partial charge on any atom is -0.494 e. The molecule has 0 aliphatic carbocycles. The van der Waals surface area contributed by atoms with Crippen LogP contribution in [-0.2, 0) is 4.79 Å². The average molecular weight is 262 g/mol. The summed E-state index contributed by atoms with van der Waals surface area (Å²) in [5.74, 6) is 1.09. The third kappa shape index (κ3) is 4.24. The van der Waals surface area contributed by atoms with Gasteiger partial charge in [-0.2, -0.15) is 0 Å². The van der Waals surface area contributed by atoms with Crippen LogP contribution in [0.2, 0.25) is 0 Å². The quantitative estimate of drug-likeness (QED) is 0.793. The highest BCUT2D eigenvalue weighted by atomic mass is 16.5. The van der Waals surface area contributed by atoms with Gasteiger partial charge >= 0.3 is 0 Å². The maximum absolute atomic E-state index is 12.0. The predicted molar refractivity (Wildman–Crippen MR) is 75.2 cm³/mol. The molecule has 104 valence electrons. The van der Waals surface area contributed by atoms with Crippen LogP contribution in [0, 0.1) is 0 Å². The molecule has 1 amide bonds. The fourth-order valence-corrected chi connectivity index (χ4v) is 2.28. The van der Waals surface area contributed by atoms with E-state index in [1.54, 1.807) is 4.90 Å². The Morgan fingerprint density at radius 1 is 1.42 bits per heavy atom. The predicted octanol–water partition coefficient (Wildman–Crippen LogP) is 1.67. The largest absolute Gasteiger partial charge is 0.494 e. The van der Waals surface area contributed by atoms with Gasteiger partial charge in [0.25, 0.3) is 0 Å². The van der Waals surface area contributed by atoms with E-state index in [1.807, 2.05) is 37.4 Å². The van der Waals surface area contributed by atoms with E-state index in [0.717, 1.165) is 38.1 Å². The third-order valence-electron chi connectivity index (χ3n) is 3.38. The fraction of sp³-hybridized carbons (Fsp3) is 0.533. The molecule has 0 aromatic heterocycles. The number of hydrogen-bond donors (Lipinski definition) is 1. The standard InChI is InChI=1S/C15H22N2O2/c1-17(15(18)14-9-5-10-16-14)11-6-12-19-13-7-3-2-4-8-13/h2-4,7-8,14,16H,5-6,9-12H2,1H3/t14-/m0/s1. The van der Waals surface area contributed by atoms with Crippen molar-refractivity contribution >= 4 is 5.91 Å². The van der Waals surface area contributed by atoms with Crippen molar-refractivity contribution in [3.05, 3.63) is 30.3 Å². The van der Waals surface area contributed by atoms with Gasteiger partial charge in [-0.1, -0.05) is 18.2 Å². The first-order chi connectivity index (χ1) is 9.27. The molecule has 1 aliphatic heterocycles. The molecule has 19 heavy (non-hydrogen) atoms. The van der Waals surface area contributed by atoms with Gasteiger partial charge in [0.05, 0.1) is 12.6 Å². The number of amides is 1. The maximum atomic E-state index is 12.0. The SMILES string of the molecule is CN(CCCOc1ccccc1)C(=O)[C@@H]1CCCN1. The summed E-state index contributed by atoms with van der Waals surface area (Å²) in [6.45, 7) is 2.34. The number of ether oxygens (including phenoxy) is 1. The lowest BCUT2D eigenvalue weighted by Gasteiger charge is -2.21. The van der Waals surface area contributed by atoms with Crippen LogP contribution in [0.4, 0.5) is 0 Å². The number of likely N-dealkylation sites (N-methyl/N-ethyl adjacent to an activating group) is 1. The Kier molecular flexibility index (Phi) is 5.21. The topological polar surface area (TPSA) is 41.6 Å². The summed E-state index contributed by atoms with van der Waals surface area (Å²) in [5.41, 5.74) is 0. The highest BCUT2D eigenvalue weighted by Gasteiger charge is 2.24. The van der Waals surface area contributed by atoms with Gasteiger partial charge in [-0.05, 0) is 37.9 Å². The molecule has 1 N–H and O–H groups in total. The van der Waals surface area contributed by atoms with Gasteiger partial charge in [-0.3, -0.25) is 4.79 Å². The monoisotopic (exact) mass is 262 g/mol. The zero-order valence-corrected chi connectivity index (χ0v) is 11.5. The first kappa shape index (κ1) is 13.9. The first-order valence-electron chi connectivity index (χ1n) is 6.93. The first-order valence-corrected chi connectivity index (χ1v) is 6.93. The summed E-state index contributed by atoms with van der Waals surface area (Å²) in [4.78, 5) is 13.8. The zero-order chi connectivity index (χ0) is 13.5. The number of benzene rings is 1. The van der Waals surface area contributed by atoms with Crippen LogP contribution in [0.15, 0.2) is 30.3 Å². The average Bonchev–Trinajstić information content (AvgIpc) is 2.98. The summed E-state index contributed by atoms with van der Waals surface area (Å²) >= 11 is 0. The van der Waals surface area contributed by atoms with Crippen LogP contribution < -0.4 is 10.1 Å². The number of rotatable bonds is 6. The molecule has 0 radical (unpaired) electrons. The molecule has 4 nitrogen and oxygen atoms in total. The number of hydrogen-bond acceptors (Lipinski definition) is 3. The number of carbonyl (C=O) groups excluding carboxylic acids is 1. The molecule has 4 heteroatoms. The Morgan fingerprint density at radius 2 is 2.21 bits per heavy atom. The van der Waals surface area contributed by atoms with Gasteiger partial charge in [0, 0.05) is 13.6 Å². The molecule has 1 fully saturated rings. The molecule has 1 atom stereocenters. The smallest absolute Gasteiger partial charge is 0.239 e. The second kappa shape index (κ2) is 7.14. The van der Waals surface area contributed by atoms with Crippen molar-refractivity contribution in [1.29, 1.82) is 0 Å². The zero-order valence-electron chi connectivity index (χ0n) is 11.5. The Hall–Kier alpha value is -1.55. The van der Waals surface area contributed by atoms with Crippen molar-refractivity contribution in [2.24, 2.45) is 0 Å². The summed E-state index contributed by atoms with van der Waals surface area (Å²) in [5, 5.41) is 3.23. The highest BCUT2D eigenvalue weighted by molar-refractivity contribution is 5.81. The molecule has 1 aliphatic rings. The number of carbonyl (C=O) groups is 1. The maximum Gasteiger partial charge on any atom is 0.239 e. The number of nitrogens with zero attached hydrogens (tertiary/aromatic N) is 1. The Balaban J connectivity index is 1.63. The van der Waals surface area contributed by atoms with Gasteiger partial charge < -0.3 is 15.0 Å². The van der Waals surface area contributed by atoms with E-state index in [9.17, 15) is 4.79 Å². The van der Waals surface area contributed by atoms with Gasteiger partial charge in [0.1, 0.15) is 5.75 Å². The van der Waals surface area contributed by atoms with Crippen LogP contribution in [0.5, 0.6) is 5.75 Å². The van der Waals surface area contributed by atoms with Crippen LogP contribution in [0.25, 0.3) is 0 Å². The van der Waals surface area contributed by atoms with Crippen LogP contribution >= 0.6 is 0 Å². The number of nitrogens with one attached hydrogen (secondary N) is 1. The van der Waals surface area contributed by atoms with Crippen molar-refractivity contribution in [3.63, 3.8) is 0 Å². The second-order valence-corrected chi connectivity index (χ2v) is 4.92. The van der Waals surface area contributed by atoms with Gasteiger partial charge in [0.15, 0.2) is 0 Å². The summed E-state index contributed by atoms with van der Waals surface area (Å²) in [7, 11) is 1.87. The van der Waals surface area contributed by atoms with E-state index in [1.165, 1.54) is 0 Å². The van der Waals surface area contributed by atoms with Gasteiger partial charge in [0.2, 0.25) is 5.91 Å². The fourth-order valence-electron chi connectivity index (χ4n) is 2.28. The lowest BCUT2D eigenvalue weighted by molar-refractivity contribution is -0.131. The number of para-hydroxylation sites is 1. The van der Waals surface area contributed by atoms with E-state index in [2.05, 4.69) is 5.32 Å². The molecule has 1 aromatic carbocycles. The van der Waals surface area contributed by atoms with E-state index in [4.69, 9.17) is 4.74 Å². The van der Waals surface area contributed by atoms with Gasteiger partial charge in [-0.15, -0.1) is 0 Å². The molecule has 1 saturated heterocycles.